The van der Waals surface area contributed by atoms with Crippen LogP contribution >= 0.6 is 0 Å². The molecule has 1 N–H and O–H groups in total. The van der Waals surface area contributed by atoms with Crippen LogP contribution in [0.25, 0.3) is 0 Å². The van der Waals surface area contributed by atoms with Crippen LogP contribution in [0.15, 0.2) is 18.2 Å². The van der Waals surface area contributed by atoms with E-state index >= 15 is 0 Å². The molecular formula is C14H18FNO2. The molecule has 1 fully saturated rings. The van der Waals surface area contributed by atoms with Crippen molar-refractivity contribution in [3.63, 3.8) is 0 Å². The van der Waals surface area contributed by atoms with Crippen LogP contribution in [0.2, 0.25) is 0 Å². The van der Waals surface area contributed by atoms with E-state index in [-0.39, 0.29) is 11.3 Å². The molecule has 1 atom stereocenters. The Morgan fingerprint density at radius 1 is 1.56 bits per heavy atom. The van der Waals surface area contributed by atoms with Gasteiger partial charge in [0, 0.05) is 18.0 Å². The highest BCUT2D eigenvalue weighted by atomic mass is 19.1. The van der Waals surface area contributed by atoms with Crippen molar-refractivity contribution >= 4 is 5.78 Å². The number of carbonyl (C=O) groups is 1. The van der Waals surface area contributed by atoms with Gasteiger partial charge < -0.3 is 10.1 Å². The monoisotopic (exact) mass is 251 g/mol. The SMILES string of the molecule is CCC1(C(=O)c2ccc(OC)cc2F)CCNC1. The Bertz CT molecular complexity index is 453. The summed E-state index contributed by atoms with van der Waals surface area (Å²) in [7, 11) is 1.48. The van der Waals surface area contributed by atoms with Crippen LogP contribution in [-0.4, -0.2) is 26.0 Å². The zero-order chi connectivity index (χ0) is 13.2. The Kier molecular flexibility index (Phi) is 3.66. The third-order valence-electron chi connectivity index (χ3n) is 3.82. The predicted molar refractivity (Wildman–Crippen MR) is 67.5 cm³/mol. The predicted octanol–water partition coefficient (Wildman–Crippen LogP) is 2.41. The van der Waals surface area contributed by atoms with E-state index in [4.69, 9.17) is 4.74 Å². The maximum Gasteiger partial charge on any atom is 0.173 e. The number of nitrogens with one attached hydrogen (secondary N) is 1. The number of carbonyl (C=O) groups excluding carboxylic acids is 1. The minimum atomic E-state index is -0.501. The van der Waals surface area contributed by atoms with E-state index in [0.29, 0.717) is 12.3 Å². The number of halogens is 1. The minimum Gasteiger partial charge on any atom is -0.497 e. The molecule has 98 valence electrons. The molecule has 0 saturated carbocycles. The second kappa shape index (κ2) is 5.06. The smallest absolute Gasteiger partial charge is 0.173 e. The van der Waals surface area contributed by atoms with Gasteiger partial charge >= 0.3 is 0 Å². The summed E-state index contributed by atoms with van der Waals surface area (Å²) in [5.74, 6) is -0.173. The van der Waals surface area contributed by atoms with Gasteiger partial charge in [0.1, 0.15) is 11.6 Å². The topological polar surface area (TPSA) is 38.3 Å². The van der Waals surface area contributed by atoms with Gasteiger partial charge in [-0.05, 0) is 31.5 Å². The lowest BCUT2D eigenvalue weighted by Crippen LogP contribution is -2.33. The lowest BCUT2D eigenvalue weighted by molar-refractivity contribution is 0.0806. The summed E-state index contributed by atoms with van der Waals surface area (Å²) < 4.78 is 18.9. The molecule has 0 aliphatic carbocycles. The summed E-state index contributed by atoms with van der Waals surface area (Å²) in [6.07, 6.45) is 1.50. The minimum absolute atomic E-state index is 0.102. The number of benzene rings is 1. The van der Waals surface area contributed by atoms with Gasteiger partial charge in [-0.1, -0.05) is 6.92 Å². The van der Waals surface area contributed by atoms with E-state index in [1.54, 1.807) is 6.07 Å². The fourth-order valence-corrected chi connectivity index (χ4v) is 2.49. The Morgan fingerprint density at radius 2 is 2.33 bits per heavy atom. The molecule has 3 nitrogen and oxygen atoms in total. The van der Waals surface area contributed by atoms with Gasteiger partial charge in [0.2, 0.25) is 0 Å². The lowest BCUT2D eigenvalue weighted by atomic mass is 9.77. The van der Waals surface area contributed by atoms with Crippen molar-refractivity contribution in [2.45, 2.75) is 19.8 Å². The highest BCUT2D eigenvalue weighted by molar-refractivity contribution is 6.01. The van der Waals surface area contributed by atoms with Gasteiger partial charge in [-0.3, -0.25) is 4.79 Å². The van der Waals surface area contributed by atoms with Crippen LogP contribution in [0.3, 0.4) is 0 Å². The second-order valence-corrected chi connectivity index (χ2v) is 4.74. The average molecular weight is 251 g/mol. The first kappa shape index (κ1) is 13.0. The third-order valence-corrected chi connectivity index (χ3v) is 3.82. The Morgan fingerprint density at radius 3 is 2.83 bits per heavy atom. The maximum atomic E-state index is 13.9. The van der Waals surface area contributed by atoms with Crippen molar-refractivity contribution in [1.29, 1.82) is 0 Å². The Labute approximate surface area is 106 Å². The van der Waals surface area contributed by atoms with Gasteiger partial charge in [0.25, 0.3) is 0 Å². The molecule has 0 bridgehead atoms. The first-order chi connectivity index (χ1) is 8.63. The van der Waals surface area contributed by atoms with Gasteiger partial charge in [0.15, 0.2) is 5.78 Å². The van der Waals surface area contributed by atoms with Crippen LogP contribution in [0.1, 0.15) is 30.1 Å². The number of rotatable bonds is 4. The zero-order valence-corrected chi connectivity index (χ0v) is 10.8. The van der Waals surface area contributed by atoms with Crippen molar-refractivity contribution in [1.82, 2.24) is 5.32 Å². The van der Waals surface area contributed by atoms with Crippen LogP contribution in [-0.2, 0) is 0 Å². The largest absolute Gasteiger partial charge is 0.497 e. The van der Waals surface area contributed by atoms with Gasteiger partial charge in [-0.2, -0.15) is 0 Å². The van der Waals surface area contributed by atoms with Crippen LogP contribution in [0.5, 0.6) is 5.75 Å². The van der Waals surface area contributed by atoms with Crippen molar-refractivity contribution in [3.8, 4) is 5.75 Å². The molecule has 4 heteroatoms. The first-order valence-electron chi connectivity index (χ1n) is 6.22. The highest BCUT2D eigenvalue weighted by Crippen LogP contribution is 2.34. The van der Waals surface area contributed by atoms with E-state index in [1.807, 2.05) is 6.92 Å². The second-order valence-electron chi connectivity index (χ2n) is 4.74. The quantitative estimate of drug-likeness (QED) is 0.835. The summed E-state index contributed by atoms with van der Waals surface area (Å²) >= 11 is 0. The van der Waals surface area contributed by atoms with Crippen LogP contribution < -0.4 is 10.1 Å². The fourth-order valence-electron chi connectivity index (χ4n) is 2.49. The standard InChI is InChI=1S/C14H18FNO2/c1-3-14(6-7-16-9-14)13(17)11-5-4-10(18-2)8-12(11)15/h4-5,8,16H,3,6-7,9H2,1-2H3. The lowest BCUT2D eigenvalue weighted by Gasteiger charge is -2.25. The number of ether oxygens (including phenoxy) is 1. The average Bonchev–Trinajstić information content (AvgIpc) is 2.87. The maximum absolute atomic E-state index is 13.9. The van der Waals surface area contributed by atoms with Gasteiger partial charge in [-0.15, -0.1) is 0 Å². The molecule has 0 spiro atoms. The molecule has 1 aliphatic heterocycles. The molecule has 1 heterocycles. The van der Waals surface area contributed by atoms with Crippen molar-refractivity contribution in [3.05, 3.63) is 29.6 Å². The summed E-state index contributed by atoms with van der Waals surface area (Å²) in [6, 6.07) is 4.41. The summed E-state index contributed by atoms with van der Waals surface area (Å²) in [5.41, 5.74) is -0.281. The molecule has 18 heavy (non-hydrogen) atoms. The van der Waals surface area contributed by atoms with Crippen LogP contribution in [0, 0.1) is 11.2 Å². The molecule has 2 rings (SSSR count). The number of Topliss-reactive ketones (excluding diaryl/α,β-unsaturated/α-hetero) is 1. The molecule has 1 saturated heterocycles. The number of ketones is 1. The summed E-state index contributed by atoms with van der Waals surface area (Å²) in [4.78, 5) is 12.5. The van der Waals surface area contributed by atoms with E-state index < -0.39 is 11.2 Å². The summed E-state index contributed by atoms with van der Waals surface area (Å²) in [6.45, 7) is 3.43. The molecule has 1 unspecified atom stereocenters. The van der Waals surface area contributed by atoms with Crippen molar-refractivity contribution < 1.29 is 13.9 Å². The van der Waals surface area contributed by atoms with E-state index in [0.717, 1.165) is 19.4 Å². The number of hydrogen-bond donors (Lipinski definition) is 1. The molecular weight excluding hydrogens is 233 g/mol. The van der Waals surface area contributed by atoms with Gasteiger partial charge in [0.05, 0.1) is 12.7 Å². The van der Waals surface area contributed by atoms with Gasteiger partial charge in [-0.25, -0.2) is 4.39 Å². The number of methoxy groups -OCH3 is 1. The van der Waals surface area contributed by atoms with Crippen molar-refractivity contribution in [2.75, 3.05) is 20.2 Å². The fraction of sp³-hybridized carbons (Fsp3) is 0.500. The van der Waals surface area contributed by atoms with E-state index in [1.165, 1.54) is 19.2 Å². The molecule has 0 aromatic heterocycles. The molecule has 1 aromatic carbocycles. The molecule has 0 radical (unpaired) electrons. The first-order valence-corrected chi connectivity index (χ1v) is 6.22. The molecule has 0 amide bonds. The molecule has 1 aromatic rings. The van der Waals surface area contributed by atoms with E-state index in [9.17, 15) is 9.18 Å². The van der Waals surface area contributed by atoms with Crippen LogP contribution in [0.4, 0.5) is 4.39 Å². The van der Waals surface area contributed by atoms with Crippen molar-refractivity contribution in [2.24, 2.45) is 5.41 Å². The Hall–Kier alpha value is -1.42. The zero-order valence-electron chi connectivity index (χ0n) is 10.8. The summed E-state index contributed by atoms with van der Waals surface area (Å²) in [5, 5.41) is 3.19. The van der Waals surface area contributed by atoms with E-state index in [2.05, 4.69) is 5.32 Å². The number of hydrogen-bond acceptors (Lipinski definition) is 3. The Balaban J connectivity index is 2.33. The normalized spacial score (nSPS) is 23.1. The molecule has 1 aliphatic rings. The highest BCUT2D eigenvalue weighted by Gasteiger charge is 2.40. The third kappa shape index (κ3) is 2.12.